The van der Waals surface area contributed by atoms with Gasteiger partial charge in [0.2, 0.25) is 0 Å². The fraction of sp³-hybridized carbons (Fsp3) is 1.00. The predicted octanol–water partition coefficient (Wildman–Crippen LogP) is 1.77. The van der Waals surface area contributed by atoms with Crippen molar-refractivity contribution in [3.63, 3.8) is 0 Å². The summed E-state index contributed by atoms with van der Waals surface area (Å²) in [5.74, 6) is 1.06. The SMILES string of the molecule is CCC12CC1C2(C)CCN. The number of nitrogens with two attached hydrogens (primary N) is 1. The Bertz CT molecular complexity index is 166. The highest BCUT2D eigenvalue weighted by Gasteiger charge is 2.83. The van der Waals surface area contributed by atoms with Gasteiger partial charge in [0, 0.05) is 0 Å². The molecule has 3 unspecified atom stereocenters. The molecule has 2 aliphatic carbocycles. The van der Waals surface area contributed by atoms with Crippen LogP contribution in [0.3, 0.4) is 0 Å². The first-order chi connectivity index (χ1) is 4.71. The summed E-state index contributed by atoms with van der Waals surface area (Å²) in [5.41, 5.74) is 7.01. The maximum atomic E-state index is 5.55. The van der Waals surface area contributed by atoms with E-state index in [4.69, 9.17) is 5.73 Å². The van der Waals surface area contributed by atoms with Gasteiger partial charge in [-0.25, -0.2) is 0 Å². The quantitative estimate of drug-likeness (QED) is 0.633. The highest BCUT2D eigenvalue weighted by atomic mass is 14.9. The third-order valence-corrected chi connectivity index (χ3v) is 4.19. The van der Waals surface area contributed by atoms with Crippen molar-refractivity contribution in [3.05, 3.63) is 0 Å². The zero-order valence-electron chi connectivity index (χ0n) is 6.98. The topological polar surface area (TPSA) is 26.0 Å². The third kappa shape index (κ3) is 0.460. The maximum absolute atomic E-state index is 5.55. The van der Waals surface area contributed by atoms with Crippen LogP contribution in [0.15, 0.2) is 0 Å². The Balaban J connectivity index is 1.99. The lowest BCUT2D eigenvalue weighted by atomic mass is 9.85. The molecule has 2 rings (SSSR count). The second kappa shape index (κ2) is 1.58. The van der Waals surface area contributed by atoms with Gasteiger partial charge in [0.15, 0.2) is 0 Å². The molecule has 0 aromatic heterocycles. The molecular formula is C9H17N. The molecule has 0 heterocycles. The van der Waals surface area contributed by atoms with E-state index in [0.717, 1.165) is 17.9 Å². The molecule has 0 aromatic rings. The van der Waals surface area contributed by atoms with Crippen LogP contribution in [-0.4, -0.2) is 6.54 Å². The fourth-order valence-electron chi connectivity index (χ4n) is 3.10. The second-order valence-corrected chi connectivity index (χ2v) is 4.22. The Morgan fingerprint density at radius 2 is 2.30 bits per heavy atom. The first-order valence-corrected chi connectivity index (χ1v) is 4.41. The van der Waals surface area contributed by atoms with Crippen molar-refractivity contribution in [2.75, 3.05) is 6.54 Å². The monoisotopic (exact) mass is 139 g/mol. The molecule has 2 N–H and O–H groups in total. The summed E-state index contributed by atoms with van der Waals surface area (Å²) in [4.78, 5) is 0. The van der Waals surface area contributed by atoms with Crippen LogP contribution in [0.5, 0.6) is 0 Å². The van der Waals surface area contributed by atoms with Crippen LogP contribution in [0.1, 0.15) is 33.1 Å². The van der Waals surface area contributed by atoms with E-state index in [1.54, 1.807) is 0 Å². The molecule has 2 fully saturated rings. The van der Waals surface area contributed by atoms with Crippen molar-refractivity contribution < 1.29 is 0 Å². The number of hydrogen-bond donors (Lipinski definition) is 1. The van der Waals surface area contributed by atoms with E-state index in [-0.39, 0.29) is 0 Å². The van der Waals surface area contributed by atoms with Gasteiger partial charge < -0.3 is 5.73 Å². The van der Waals surface area contributed by atoms with Gasteiger partial charge in [0.05, 0.1) is 0 Å². The van der Waals surface area contributed by atoms with Crippen LogP contribution in [0.4, 0.5) is 0 Å². The minimum absolute atomic E-state index is 0.677. The van der Waals surface area contributed by atoms with Crippen LogP contribution >= 0.6 is 0 Å². The summed E-state index contributed by atoms with van der Waals surface area (Å²) < 4.78 is 0. The van der Waals surface area contributed by atoms with Gasteiger partial charge in [-0.15, -0.1) is 0 Å². The van der Waals surface area contributed by atoms with E-state index >= 15 is 0 Å². The summed E-state index contributed by atoms with van der Waals surface area (Å²) in [7, 11) is 0. The molecule has 0 aromatic carbocycles. The molecule has 1 nitrogen and oxygen atoms in total. The standard InChI is InChI=1S/C9H17N/c1-3-9-6-7(9)8(9,2)4-5-10/h7H,3-6,10H2,1-2H3. The minimum atomic E-state index is 0.677. The normalized spacial score (nSPS) is 56.1. The zero-order valence-corrected chi connectivity index (χ0v) is 6.98. The Morgan fingerprint density at radius 1 is 1.60 bits per heavy atom. The fourth-order valence-corrected chi connectivity index (χ4v) is 3.10. The van der Waals surface area contributed by atoms with Gasteiger partial charge in [-0.2, -0.15) is 0 Å². The summed E-state index contributed by atoms with van der Waals surface area (Å²) in [5, 5.41) is 0. The lowest BCUT2D eigenvalue weighted by Crippen LogP contribution is -2.17. The zero-order chi connectivity index (χ0) is 7.41. The van der Waals surface area contributed by atoms with Gasteiger partial charge in [0.1, 0.15) is 0 Å². The molecule has 58 valence electrons. The van der Waals surface area contributed by atoms with E-state index < -0.39 is 0 Å². The number of fused-ring (bicyclic) bond motifs is 1. The van der Waals surface area contributed by atoms with E-state index in [0.29, 0.717) is 5.41 Å². The molecule has 2 saturated carbocycles. The van der Waals surface area contributed by atoms with E-state index in [9.17, 15) is 0 Å². The lowest BCUT2D eigenvalue weighted by Gasteiger charge is -2.20. The Kier molecular flexibility index (Phi) is 1.05. The molecular weight excluding hydrogens is 122 g/mol. The van der Waals surface area contributed by atoms with Gasteiger partial charge >= 0.3 is 0 Å². The van der Waals surface area contributed by atoms with Gasteiger partial charge in [-0.3, -0.25) is 0 Å². The van der Waals surface area contributed by atoms with Crippen molar-refractivity contribution >= 4 is 0 Å². The summed E-state index contributed by atoms with van der Waals surface area (Å²) in [6, 6.07) is 0. The highest BCUT2D eigenvalue weighted by molar-refractivity contribution is 5.32. The van der Waals surface area contributed by atoms with Crippen LogP contribution < -0.4 is 5.73 Å². The Labute approximate surface area is 63.0 Å². The molecule has 0 radical (unpaired) electrons. The molecule has 0 spiro atoms. The Morgan fingerprint density at radius 3 is 2.60 bits per heavy atom. The van der Waals surface area contributed by atoms with Crippen molar-refractivity contribution in [1.29, 1.82) is 0 Å². The molecule has 0 saturated heterocycles. The Hall–Kier alpha value is -0.0400. The highest BCUT2D eigenvalue weighted by Crippen LogP contribution is 2.90. The van der Waals surface area contributed by atoms with E-state index in [2.05, 4.69) is 13.8 Å². The van der Waals surface area contributed by atoms with Crippen LogP contribution in [0, 0.1) is 16.7 Å². The summed E-state index contributed by atoms with van der Waals surface area (Å²) in [6.07, 6.45) is 4.14. The van der Waals surface area contributed by atoms with Crippen molar-refractivity contribution in [2.45, 2.75) is 33.1 Å². The summed E-state index contributed by atoms with van der Waals surface area (Å²) in [6.45, 7) is 5.62. The first-order valence-electron chi connectivity index (χ1n) is 4.41. The van der Waals surface area contributed by atoms with Crippen molar-refractivity contribution in [1.82, 2.24) is 0 Å². The average molecular weight is 139 g/mol. The maximum Gasteiger partial charge on any atom is -0.00718 e. The van der Waals surface area contributed by atoms with E-state index in [1.165, 1.54) is 19.3 Å². The average Bonchev–Trinajstić information content (AvgIpc) is 2.74. The molecule has 0 aliphatic heterocycles. The largest absolute Gasteiger partial charge is 0.330 e. The number of rotatable bonds is 3. The van der Waals surface area contributed by atoms with Crippen LogP contribution in [0.2, 0.25) is 0 Å². The molecule has 2 aliphatic rings. The molecule has 3 atom stereocenters. The molecule has 0 bridgehead atoms. The van der Waals surface area contributed by atoms with Gasteiger partial charge in [-0.1, -0.05) is 13.8 Å². The van der Waals surface area contributed by atoms with E-state index in [1.807, 2.05) is 0 Å². The molecule has 1 heteroatoms. The molecule has 0 amide bonds. The smallest absolute Gasteiger partial charge is 0.00718 e. The molecule has 10 heavy (non-hydrogen) atoms. The first kappa shape index (κ1) is 6.66. The van der Waals surface area contributed by atoms with Crippen LogP contribution in [-0.2, 0) is 0 Å². The van der Waals surface area contributed by atoms with Crippen molar-refractivity contribution in [2.24, 2.45) is 22.5 Å². The predicted molar refractivity (Wildman–Crippen MR) is 42.6 cm³/mol. The van der Waals surface area contributed by atoms with Gasteiger partial charge in [0.25, 0.3) is 0 Å². The second-order valence-electron chi connectivity index (χ2n) is 4.22. The summed E-state index contributed by atoms with van der Waals surface area (Å²) >= 11 is 0. The number of hydrogen-bond acceptors (Lipinski definition) is 1. The third-order valence-electron chi connectivity index (χ3n) is 4.19. The van der Waals surface area contributed by atoms with Crippen molar-refractivity contribution in [3.8, 4) is 0 Å². The minimum Gasteiger partial charge on any atom is -0.330 e. The van der Waals surface area contributed by atoms with Crippen LogP contribution in [0.25, 0.3) is 0 Å². The lowest BCUT2D eigenvalue weighted by molar-refractivity contribution is 0.302. The van der Waals surface area contributed by atoms with Gasteiger partial charge in [-0.05, 0) is 42.6 Å².